The number of amides is 1. The average molecular weight is 325 g/mol. The van der Waals surface area contributed by atoms with Gasteiger partial charge < -0.3 is 4.90 Å². The lowest BCUT2D eigenvalue weighted by Crippen LogP contribution is -2.48. The van der Waals surface area contributed by atoms with Gasteiger partial charge in [0.05, 0.1) is 11.6 Å². The van der Waals surface area contributed by atoms with Gasteiger partial charge in [0.2, 0.25) is 0 Å². The third-order valence-electron chi connectivity index (χ3n) is 3.17. The van der Waals surface area contributed by atoms with E-state index in [0.717, 1.165) is 12.8 Å². The van der Waals surface area contributed by atoms with Crippen molar-refractivity contribution in [1.82, 2.24) is 4.90 Å². The maximum absolute atomic E-state index is 13.3. The predicted octanol–water partition coefficient (Wildman–Crippen LogP) is 3.49. The van der Waals surface area contributed by atoms with E-state index in [0.29, 0.717) is 4.47 Å². The van der Waals surface area contributed by atoms with Crippen molar-refractivity contribution in [1.29, 1.82) is 5.26 Å². The van der Waals surface area contributed by atoms with Gasteiger partial charge >= 0.3 is 0 Å². The summed E-state index contributed by atoms with van der Waals surface area (Å²) in [6.07, 6.45) is 1.79. The number of carbonyl (C=O) groups is 1. The fourth-order valence-corrected chi connectivity index (χ4v) is 2.47. The van der Waals surface area contributed by atoms with Crippen molar-refractivity contribution >= 4 is 21.8 Å². The van der Waals surface area contributed by atoms with Gasteiger partial charge in [0.1, 0.15) is 11.4 Å². The molecule has 1 saturated carbocycles. The minimum absolute atomic E-state index is 0.0808. The zero-order valence-corrected chi connectivity index (χ0v) is 12.4. The van der Waals surface area contributed by atoms with Crippen LogP contribution in [0.4, 0.5) is 4.39 Å². The molecule has 0 spiro atoms. The summed E-state index contributed by atoms with van der Waals surface area (Å²) in [7, 11) is 0. The first kappa shape index (κ1) is 14.0. The van der Waals surface area contributed by atoms with Crippen molar-refractivity contribution < 1.29 is 9.18 Å². The predicted molar refractivity (Wildman–Crippen MR) is 73.0 cm³/mol. The molecule has 0 bridgehead atoms. The SMILES string of the molecule is CC(C)(C#N)N(C(=O)c1cc(F)ccc1Br)C1CC1. The lowest BCUT2D eigenvalue weighted by atomic mass is 10.0. The number of hydrogen-bond donors (Lipinski definition) is 0. The van der Waals surface area contributed by atoms with Gasteiger partial charge in [-0.15, -0.1) is 0 Å². The molecule has 0 aliphatic heterocycles. The Morgan fingerprint density at radius 1 is 1.53 bits per heavy atom. The van der Waals surface area contributed by atoms with E-state index in [9.17, 15) is 14.4 Å². The van der Waals surface area contributed by atoms with Crippen molar-refractivity contribution in [3.63, 3.8) is 0 Å². The van der Waals surface area contributed by atoms with E-state index >= 15 is 0 Å². The molecule has 5 heteroatoms. The van der Waals surface area contributed by atoms with Crippen molar-refractivity contribution in [3.05, 3.63) is 34.1 Å². The Balaban J connectivity index is 2.41. The van der Waals surface area contributed by atoms with Crippen LogP contribution in [0.1, 0.15) is 37.0 Å². The second-order valence-corrected chi connectivity index (χ2v) is 6.06. The molecule has 19 heavy (non-hydrogen) atoms. The molecule has 0 saturated heterocycles. The summed E-state index contributed by atoms with van der Waals surface area (Å²) in [5.41, 5.74) is -0.639. The fraction of sp³-hybridized carbons (Fsp3) is 0.429. The van der Waals surface area contributed by atoms with E-state index in [1.165, 1.54) is 18.2 Å². The first-order valence-corrected chi connectivity index (χ1v) is 6.86. The van der Waals surface area contributed by atoms with E-state index in [-0.39, 0.29) is 17.5 Å². The maximum Gasteiger partial charge on any atom is 0.256 e. The van der Waals surface area contributed by atoms with E-state index in [1.54, 1.807) is 18.7 Å². The van der Waals surface area contributed by atoms with Gasteiger partial charge in [-0.25, -0.2) is 4.39 Å². The van der Waals surface area contributed by atoms with Gasteiger partial charge in [0.25, 0.3) is 5.91 Å². The highest BCUT2D eigenvalue weighted by molar-refractivity contribution is 9.10. The molecule has 0 heterocycles. The maximum atomic E-state index is 13.3. The van der Waals surface area contributed by atoms with Crippen LogP contribution in [0.15, 0.2) is 22.7 Å². The number of nitriles is 1. The Labute approximate surface area is 120 Å². The van der Waals surface area contributed by atoms with Crippen molar-refractivity contribution in [2.75, 3.05) is 0 Å². The Kier molecular flexibility index (Phi) is 3.64. The van der Waals surface area contributed by atoms with E-state index in [4.69, 9.17) is 0 Å². The molecule has 1 aromatic rings. The van der Waals surface area contributed by atoms with Gasteiger partial charge in [-0.2, -0.15) is 5.26 Å². The summed E-state index contributed by atoms with van der Waals surface area (Å²) in [6, 6.07) is 6.22. The average Bonchev–Trinajstić information content (AvgIpc) is 3.16. The highest BCUT2D eigenvalue weighted by Gasteiger charge is 2.42. The minimum Gasteiger partial charge on any atom is -0.317 e. The topological polar surface area (TPSA) is 44.1 Å². The van der Waals surface area contributed by atoms with Crippen LogP contribution < -0.4 is 0 Å². The first-order valence-electron chi connectivity index (χ1n) is 6.07. The van der Waals surface area contributed by atoms with E-state index in [2.05, 4.69) is 22.0 Å². The zero-order chi connectivity index (χ0) is 14.2. The molecule has 1 fully saturated rings. The van der Waals surface area contributed by atoms with Crippen molar-refractivity contribution in [2.45, 2.75) is 38.3 Å². The van der Waals surface area contributed by atoms with E-state index < -0.39 is 11.4 Å². The Hall–Kier alpha value is -1.41. The molecule has 1 aromatic carbocycles. The highest BCUT2D eigenvalue weighted by atomic mass is 79.9. The smallest absolute Gasteiger partial charge is 0.256 e. The minimum atomic E-state index is -0.899. The summed E-state index contributed by atoms with van der Waals surface area (Å²) >= 11 is 3.26. The standard InChI is InChI=1S/C14H14BrFN2O/c1-14(2,8-17)18(10-4-5-10)13(19)11-7-9(16)3-6-12(11)15/h3,6-7,10H,4-5H2,1-2H3. The molecule has 3 nitrogen and oxygen atoms in total. The Morgan fingerprint density at radius 3 is 2.68 bits per heavy atom. The summed E-state index contributed by atoms with van der Waals surface area (Å²) in [6.45, 7) is 3.41. The lowest BCUT2D eigenvalue weighted by Gasteiger charge is -2.33. The second kappa shape index (κ2) is 4.93. The second-order valence-electron chi connectivity index (χ2n) is 5.20. The van der Waals surface area contributed by atoms with Gasteiger partial charge in [0.15, 0.2) is 0 Å². The quantitative estimate of drug-likeness (QED) is 0.854. The molecule has 0 aromatic heterocycles. The Morgan fingerprint density at radius 2 is 2.16 bits per heavy atom. The van der Waals surface area contributed by atoms with Gasteiger partial charge in [-0.3, -0.25) is 4.79 Å². The third kappa shape index (κ3) is 2.79. The molecule has 1 amide bonds. The number of carbonyl (C=O) groups excluding carboxylic acids is 1. The molecule has 0 atom stereocenters. The van der Waals surface area contributed by atoms with Crippen molar-refractivity contribution in [3.8, 4) is 6.07 Å². The van der Waals surface area contributed by atoms with Crippen LogP contribution >= 0.6 is 15.9 Å². The van der Waals surface area contributed by atoms with Crippen molar-refractivity contribution in [2.24, 2.45) is 0 Å². The molecule has 1 aliphatic carbocycles. The fourth-order valence-electron chi connectivity index (χ4n) is 2.05. The number of halogens is 2. The van der Waals surface area contributed by atoms with E-state index in [1.807, 2.05) is 0 Å². The first-order chi connectivity index (χ1) is 8.86. The molecule has 0 unspecified atom stereocenters. The van der Waals surface area contributed by atoms with Crippen LogP contribution in [0, 0.1) is 17.1 Å². The number of benzene rings is 1. The van der Waals surface area contributed by atoms with Crippen LogP contribution in [0.2, 0.25) is 0 Å². The molecular weight excluding hydrogens is 311 g/mol. The van der Waals surface area contributed by atoms with Gasteiger partial charge in [-0.1, -0.05) is 0 Å². The zero-order valence-electron chi connectivity index (χ0n) is 10.8. The third-order valence-corrected chi connectivity index (χ3v) is 3.86. The highest BCUT2D eigenvalue weighted by Crippen LogP contribution is 2.35. The Bertz CT molecular complexity index is 561. The number of rotatable bonds is 3. The monoisotopic (exact) mass is 324 g/mol. The summed E-state index contributed by atoms with van der Waals surface area (Å²) in [5, 5.41) is 9.23. The molecule has 2 rings (SSSR count). The van der Waals surface area contributed by atoms with Crippen LogP contribution in [-0.4, -0.2) is 22.4 Å². The number of hydrogen-bond acceptors (Lipinski definition) is 2. The summed E-state index contributed by atoms with van der Waals surface area (Å²) < 4.78 is 13.8. The molecular formula is C14H14BrFN2O. The van der Waals surface area contributed by atoms with Crippen LogP contribution in [-0.2, 0) is 0 Å². The molecule has 100 valence electrons. The largest absolute Gasteiger partial charge is 0.317 e. The summed E-state index contributed by atoms with van der Waals surface area (Å²) in [5.74, 6) is -0.766. The van der Waals surface area contributed by atoms with Gasteiger partial charge in [0, 0.05) is 10.5 Å². The molecule has 0 radical (unpaired) electrons. The molecule has 0 N–H and O–H groups in total. The summed E-state index contributed by atoms with van der Waals surface area (Å²) in [4.78, 5) is 14.1. The normalized spacial score (nSPS) is 14.9. The van der Waals surface area contributed by atoms with Gasteiger partial charge in [-0.05, 0) is 60.8 Å². The van der Waals surface area contributed by atoms with Crippen LogP contribution in [0.5, 0.6) is 0 Å². The van der Waals surface area contributed by atoms with Crippen LogP contribution in [0.3, 0.4) is 0 Å². The molecule has 1 aliphatic rings. The number of nitrogens with zero attached hydrogens (tertiary/aromatic N) is 2. The van der Waals surface area contributed by atoms with Crippen LogP contribution in [0.25, 0.3) is 0 Å². The lowest BCUT2D eigenvalue weighted by molar-refractivity contribution is 0.0613.